The maximum absolute atomic E-state index is 3.68. The van der Waals surface area contributed by atoms with Crippen LogP contribution in [0.2, 0.25) is 0 Å². The zero-order valence-electron chi connectivity index (χ0n) is 25.7. The molecule has 0 unspecified atom stereocenters. The van der Waals surface area contributed by atoms with E-state index in [-0.39, 0.29) is 0 Å². The number of nitrogens with one attached hydrogen (secondary N) is 1. The van der Waals surface area contributed by atoms with Gasteiger partial charge in [-0.15, -0.1) is 0 Å². The molecule has 10 aromatic rings. The van der Waals surface area contributed by atoms with E-state index in [1.807, 2.05) is 0 Å². The van der Waals surface area contributed by atoms with Crippen molar-refractivity contribution < 1.29 is 0 Å². The predicted molar refractivity (Wildman–Crippen MR) is 202 cm³/mol. The van der Waals surface area contributed by atoms with Gasteiger partial charge >= 0.3 is 0 Å². The summed E-state index contributed by atoms with van der Waals surface area (Å²) in [5, 5.41) is 12.6. The molecule has 0 aliphatic rings. The van der Waals surface area contributed by atoms with E-state index in [1.54, 1.807) is 0 Å². The second-order valence-corrected chi connectivity index (χ2v) is 12.6. The van der Waals surface area contributed by atoms with E-state index >= 15 is 0 Å². The third-order valence-electron chi connectivity index (χ3n) is 9.96. The Morgan fingerprint density at radius 3 is 1.45 bits per heavy atom. The van der Waals surface area contributed by atoms with E-state index < -0.39 is 0 Å². The van der Waals surface area contributed by atoms with Crippen molar-refractivity contribution in [1.82, 2.24) is 4.98 Å². The van der Waals surface area contributed by atoms with E-state index in [0.29, 0.717) is 0 Å². The van der Waals surface area contributed by atoms with Crippen LogP contribution >= 0.6 is 0 Å². The van der Waals surface area contributed by atoms with Crippen molar-refractivity contribution in [3.05, 3.63) is 170 Å². The molecule has 1 heterocycles. The van der Waals surface area contributed by atoms with Crippen molar-refractivity contribution in [1.29, 1.82) is 0 Å². The Morgan fingerprint density at radius 2 is 0.766 bits per heavy atom. The van der Waals surface area contributed by atoms with Crippen LogP contribution in [0.25, 0.3) is 98.3 Å². The van der Waals surface area contributed by atoms with Gasteiger partial charge in [-0.2, -0.15) is 0 Å². The summed E-state index contributed by atoms with van der Waals surface area (Å²) in [6.45, 7) is 0. The van der Waals surface area contributed by atoms with Crippen LogP contribution in [0.15, 0.2) is 170 Å². The van der Waals surface area contributed by atoms with Crippen molar-refractivity contribution >= 4 is 64.9 Å². The molecular formula is C46H29N. The van der Waals surface area contributed by atoms with E-state index in [9.17, 15) is 0 Å². The topological polar surface area (TPSA) is 15.8 Å². The summed E-state index contributed by atoms with van der Waals surface area (Å²) >= 11 is 0. The van der Waals surface area contributed by atoms with Crippen LogP contribution in [0.1, 0.15) is 0 Å². The fraction of sp³-hybridized carbons (Fsp3) is 0. The number of H-pyrrole nitrogens is 1. The highest BCUT2D eigenvalue weighted by Crippen LogP contribution is 2.45. The van der Waals surface area contributed by atoms with Crippen molar-refractivity contribution in [3.63, 3.8) is 0 Å². The molecule has 0 saturated carbocycles. The molecule has 0 radical (unpaired) electrons. The molecule has 0 bridgehead atoms. The summed E-state index contributed by atoms with van der Waals surface area (Å²) < 4.78 is 0. The molecule has 0 atom stereocenters. The Hall–Kier alpha value is -6.18. The zero-order chi connectivity index (χ0) is 30.9. The summed E-state index contributed by atoms with van der Waals surface area (Å²) in [6.07, 6.45) is 0. The molecule has 0 fully saturated rings. The van der Waals surface area contributed by atoms with Crippen molar-refractivity contribution in [3.8, 4) is 33.4 Å². The van der Waals surface area contributed by atoms with Crippen molar-refractivity contribution in [2.45, 2.75) is 0 Å². The van der Waals surface area contributed by atoms with E-state index in [2.05, 4.69) is 175 Å². The average Bonchev–Trinajstić information content (AvgIpc) is 3.49. The average molecular weight is 596 g/mol. The van der Waals surface area contributed by atoms with Crippen molar-refractivity contribution in [2.75, 3.05) is 0 Å². The third kappa shape index (κ3) is 4.03. The van der Waals surface area contributed by atoms with E-state index in [0.717, 1.165) is 5.52 Å². The van der Waals surface area contributed by atoms with Gasteiger partial charge in [-0.1, -0.05) is 146 Å². The molecule has 218 valence electrons. The minimum Gasteiger partial charge on any atom is -0.354 e. The highest BCUT2D eigenvalue weighted by molar-refractivity contribution is 6.22. The molecule has 10 rings (SSSR count). The molecule has 1 aromatic heterocycles. The fourth-order valence-corrected chi connectivity index (χ4v) is 7.79. The van der Waals surface area contributed by atoms with Crippen LogP contribution < -0.4 is 0 Å². The summed E-state index contributed by atoms with van der Waals surface area (Å²) in [5.74, 6) is 0. The smallest absolute Gasteiger partial charge is 0.0471 e. The fourth-order valence-electron chi connectivity index (χ4n) is 7.79. The Morgan fingerprint density at radius 1 is 0.277 bits per heavy atom. The number of aromatic nitrogens is 1. The van der Waals surface area contributed by atoms with Crippen molar-refractivity contribution in [2.24, 2.45) is 0 Å². The van der Waals surface area contributed by atoms with Gasteiger partial charge in [0, 0.05) is 21.8 Å². The van der Waals surface area contributed by atoms with E-state index in [1.165, 1.54) is 92.8 Å². The van der Waals surface area contributed by atoms with Crippen LogP contribution in [0, 0.1) is 0 Å². The molecule has 1 heteroatoms. The third-order valence-corrected chi connectivity index (χ3v) is 9.96. The molecule has 0 amide bonds. The maximum Gasteiger partial charge on any atom is 0.0471 e. The lowest BCUT2D eigenvalue weighted by molar-refractivity contribution is 1.55. The Kier molecular flexibility index (Phi) is 5.64. The molecular weight excluding hydrogens is 567 g/mol. The standard InChI is InChI=1S/C46H29N/c1-2-12-33-28-44-42(26-32(33)11-1)41-27-34(24-25-43(41)47-44)46-39-17-7-5-15-37(39)45(38-16-6-8-18-40(38)46)31-22-20-30(21-23-31)36-19-9-13-29-10-3-4-14-35(29)36/h1-28,47H. The number of hydrogen-bond acceptors (Lipinski definition) is 0. The first-order chi connectivity index (χ1) is 23.3. The molecule has 1 N–H and O–H groups in total. The quantitative estimate of drug-likeness (QED) is 0.196. The van der Waals surface area contributed by atoms with Crippen LogP contribution in [0.4, 0.5) is 0 Å². The number of fused-ring (bicyclic) bond motifs is 7. The zero-order valence-corrected chi connectivity index (χ0v) is 25.7. The van der Waals surface area contributed by atoms with Crippen LogP contribution in [0.3, 0.4) is 0 Å². The van der Waals surface area contributed by atoms with E-state index in [4.69, 9.17) is 0 Å². The van der Waals surface area contributed by atoms with Gasteiger partial charge in [-0.25, -0.2) is 0 Å². The summed E-state index contributed by atoms with van der Waals surface area (Å²) in [4.78, 5) is 3.68. The summed E-state index contributed by atoms with van der Waals surface area (Å²) in [6, 6.07) is 62.3. The maximum atomic E-state index is 3.68. The Labute approximate surface area is 272 Å². The lowest BCUT2D eigenvalue weighted by Gasteiger charge is -2.18. The minimum absolute atomic E-state index is 1.16. The highest BCUT2D eigenvalue weighted by atomic mass is 14.7. The number of rotatable bonds is 3. The Bertz CT molecular complexity index is 2770. The molecule has 0 spiro atoms. The summed E-state index contributed by atoms with van der Waals surface area (Å²) in [7, 11) is 0. The first kappa shape index (κ1) is 26.1. The monoisotopic (exact) mass is 595 g/mol. The highest BCUT2D eigenvalue weighted by Gasteiger charge is 2.18. The van der Waals surface area contributed by atoms with Gasteiger partial charge in [0.15, 0.2) is 0 Å². The molecule has 1 nitrogen and oxygen atoms in total. The second-order valence-electron chi connectivity index (χ2n) is 12.6. The first-order valence-corrected chi connectivity index (χ1v) is 16.3. The van der Waals surface area contributed by atoms with Gasteiger partial charge in [0.1, 0.15) is 0 Å². The normalized spacial score (nSPS) is 11.8. The molecule has 0 aliphatic carbocycles. The van der Waals surface area contributed by atoms with Gasteiger partial charge in [-0.05, 0) is 101 Å². The van der Waals surface area contributed by atoms with Gasteiger partial charge in [0.05, 0.1) is 0 Å². The van der Waals surface area contributed by atoms with Crippen LogP contribution in [-0.2, 0) is 0 Å². The molecule has 0 aliphatic heterocycles. The summed E-state index contributed by atoms with van der Waals surface area (Å²) in [5.41, 5.74) is 9.86. The van der Waals surface area contributed by atoms with Gasteiger partial charge < -0.3 is 4.98 Å². The van der Waals surface area contributed by atoms with Crippen LogP contribution in [0.5, 0.6) is 0 Å². The molecule has 0 saturated heterocycles. The predicted octanol–water partition coefficient (Wildman–Crippen LogP) is 12.9. The van der Waals surface area contributed by atoms with Gasteiger partial charge in [0.2, 0.25) is 0 Å². The molecule has 9 aromatic carbocycles. The number of benzene rings is 9. The lowest BCUT2D eigenvalue weighted by Crippen LogP contribution is -1.91. The molecule has 47 heavy (non-hydrogen) atoms. The number of hydrogen-bond donors (Lipinski definition) is 1. The second kappa shape index (κ2) is 10.2. The number of aromatic amines is 1. The largest absolute Gasteiger partial charge is 0.354 e. The lowest BCUT2D eigenvalue weighted by atomic mass is 9.85. The minimum atomic E-state index is 1.16. The Balaban J connectivity index is 1.19. The van der Waals surface area contributed by atoms with Gasteiger partial charge in [0.25, 0.3) is 0 Å². The SMILES string of the molecule is c1ccc2cc3c(cc2c1)[nH]c1ccc(-c2c4ccccc4c(-c4ccc(-c5cccc6ccccc56)cc4)c4ccccc24)cc13. The van der Waals surface area contributed by atoms with Gasteiger partial charge in [-0.3, -0.25) is 0 Å². The first-order valence-electron chi connectivity index (χ1n) is 16.3. The van der Waals surface area contributed by atoms with Crippen LogP contribution in [-0.4, -0.2) is 4.98 Å².